The number of sulfone groups is 1. The Morgan fingerprint density at radius 2 is 1.78 bits per heavy atom. The van der Waals surface area contributed by atoms with Gasteiger partial charge in [-0.25, -0.2) is 13.2 Å². The van der Waals surface area contributed by atoms with Crippen LogP contribution in [-0.4, -0.2) is 55.4 Å². The van der Waals surface area contributed by atoms with Crippen LogP contribution in [0.25, 0.3) is 0 Å². The lowest BCUT2D eigenvalue weighted by atomic mass is 10.1. The average molecular weight is 434 g/mol. The van der Waals surface area contributed by atoms with E-state index in [2.05, 4.69) is 0 Å². The molecule has 0 radical (unpaired) electrons. The zero-order valence-electron chi connectivity index (χ0n) is 14.7. The first-order valence-corrected chi connectivity index (χ1v) is 11.5. The number of nitrogens with zero attached hydrogens (tertiary/aromatic N) is 1. The first-order valence-electron chi connectivity index (χ1n) is 8.90. The second kappa shape index (κ2) is 8.37. The predicted molar refractivity (Wildman–Crippen MR) is 103 cm³/mol. The summed E-state index contributed by atoms with van der Waals surface area (Å²) in [6.07, 6.45) is 4.16. The maximum Gasteiger partial charge on any atom is 0.338 e. The number of hydrogen-bond donors (Lipinski definition) is 0. The van der Waals surface area contributed by atoms with E-state index >= 15 is 0 Å². The molecule has 1 aromatic rings. The van der Waals surface area contributed by atoms with E-state index in [4.69, 9.17) is 27.9 Å². The molecule has 2 aliphatic rings. The number of halogens is 2. The Kier molecular flexibility index (Phi) is 6.33. The average Bonchev–Trinajstić information content (AvgIpc) is 3.25. The quantitative estimate of drug-likeness (QED) is 0.666. The van der Waals surface area contributed by atoms with Gasteiger partial charge in [0.2, 0.25) is 0 Å². The fourth-order valence-electron chi connectivity index (χ4n) is 3.79. The molecule has 0 spiro atoms. The van der Waals surface area contributed by atoms with E-state index in [0.29, 0.717) is 11.4 Å². The Hall–Kier alpha value is -1.31. The largest absolute Gasteiger partial charge is 0.452 e. The topological polar surface area (TPSA) is 80.8 Å². The molecule has 1 aromatic carbocycles. The molecule has 27 heavy (non-hydrogen) atoms. The molecule has 0 aromatic heterocycles. The minimum Gasteiger partial charge on any atom is -0.452 e. The fourth-order valence-corrected chi connectivity index (χ4v) is 5.80. The SMILES string of the molecule is O=C(OCC(=O)N(C1CCCC1)C1CCS(=O)(=O)C1)c1ccc(Cl)c(Cl)c1. The molecule has 148 valence electrons. The highest BCUT2D eigenvalue weighted by Crippen LogP contribution is 2.29. The molecule has 6 nitrogen and oxygen atoms in total. The number of carbonyl (C=O) groups excluding carboxylic acids is 2. The number of esters is 1. The van der Waals surface area contributed by atoms with Gasteiger partial charge in [0.05, 0.1) is 27.1 Å². The van der Waals surface area contributed by atoms with Crippen LogP contribution in [0.15, 0.2) is 18.2 Å². The van der Waals surface area contributed by atoms with Gasteiger partial charge in [0.15, 0.2) is 16.4 Å². The summed E-state index contributed by atoms with van der Waals surface area (Å²) in [5.74, 6) is -0.947. The van der Waals surface area contributed by atoms with Crippen LogP contribution in [0, 0.1) is 0 Å². The van der Waals surface area contributed by atoms with Gasteiger partial charge >= 0.3 is 5.97 Å². The second-order valence-corrected chi connectivity index (χ2v) is 10.0. The van der Waals surface area contributed by atoms with Crippen LogP contribution in [0.3, 0.4) is 0 Å². The van der Waals surface area contributed by atoms with E-state index in [0.717, 1.165) is 25.7 Å². The van der Waals surface area contributed by atoms with Gasteiger partial charge in [-0.2, -0.15) is 0 Å². The van der Waals surface area contributed by atoms with Crippen molar-refractivity contribution < 1.29 is 22.7 Å². The molecular formula is C18H21Cl2NO5S. The highest BCUT2D eigenvalue weighted by molar-refractivity contribution is 7.91. The summed E-state index contributed by atoms with van der Waals surface area (Å²) < 4.78 is 28.8. The summed E-state index contributed by atoms with van der Waals surface area (Å²) >= 11 is 11.7. The van der Waals surface area contributed by atoms with Gasteiger partial charge in [-0.15, -0.1) is 0 Å². The van der Waals surface area contributed by atoms with Crippen molar-refractivity contribution >= 4 is 44.9 Å². The smallest absolute Gasteiger partial charge is 0.338 e. The molecule has 9 heteroatoms. The van der Waals surface area contributed by atoms with Crippen LogP contribution in [0.2, 0.25) is 10.0 Å². The molecule has 3 rings (SSSR count). The Balaban J connectivity index is 1.67. The van der Waals surface area contributed by atoms with Crippen molar-refractivity contribution in [2.45, 2.75) is 44.2 Å². The van der Waals surface area contributed by atoms with Crippen molar-refractivity contribution in [2.24, 2.45) is 0 Å². The van der Waals surface area contributed by atoms with Crippen molar-refractivity contribution in [1.82, 2.24) is 4.90 Å². The predicted octanol–water partition coefficient (Wildman–Crippen LogP) is 3.11. The summed E-state index contributed by atoms with van der Waals surface area (Å²) in [5, 5.41) is 0.542. The molecule has 1 aliphatic heterocycles. The van der Waals surface area contributed by atoms with Crippen molar-refractivity contribution in [2.75, 3.05) is 18.1 Å². The molecule has 1 atom stereocenters. The van der Waals surface area contributed by atoms with Crippen LogP contribution in [-0.2, 0) is 19.4 Å². The number of benzene rings is 1. The van der Waals surface area contributed by atoms with Crippen molar-refractivity contribution in [3.8, 4) is 0 Å². The van der Waals surface area contributed by atoms with Crippen LogP contribution in [0.1, 0.15) is 42.5 Å². The maximum atomic E-state index is 12.8. The second-order valence-electron chi connectivity index (χ2n) is 7.00. The van der Waals surface area contributed by atoms with Gasteiger partial charge in [0.1, 0.15) is 0 Å². The Morgan fingerprint density at radius 1 is 1.07 bits per heavy atom. The highest BCUT2D eigenvalue weighted by Gasteiger charge is 2.39. The first-order chi connectivity index (χ1) is 12.8. The molecule has 2 fully saturated rings. The molecule has 1 saturated heterocycles. The minimum absolute atomic E-state index is 0.0134. The molecule has 1 saturated carbocycles. The van der Waals surface area contributed by atoms with Gasteiger partial charge < -0.3 is 9.64 Å². The molecule has 1 amide bonds. The molecular weight excluding hydrogens is 413 g/mol. The fraction of sp³-hybridized carbons (Fsp3) is 0.556. The van der Waals surface area contributed by atoms with Gasteiger partial charge in [-0.05, 0) is 37.5 Å². The lowest BCUT2D eigenvalue weighted by Crippen LogP contribution is -2.48. The minimum atomic E-state index is -3.12. The zero-order valence-corrected chi connectivity index (χ0v) is 17.0. The van der Waals surface area contributed by atoms with Gasteiger partial charge in [0.25, 0.3) is 5.91 Å². The third-order valence-corrected chi connectivity index (χ3v) is 7.58. The molecule has 1 aliphatic carbocycles. The Bertz CT molecular complexity index is 836. The van der Waals surface area contributed by atoms with E-state index in [-0.39, 0.29) is 40.1 Å². The number of ether oxygens (including phenoxy) is 1. The van der Waals surface area contributed by atoms with Crippen molar-refractivity contribution in [3.05, 3.63) is 33.8 Å². The van der Waals surface area contributed by atoms with Crippen LogP contribution in [0.5, 0.6) is 0 Å². The molecule has 1 heterocycles. The van der Waals surface area contributed by atoms with Gasteiger partial charge in [0, 0.05) is 12.1 Å². The summed E-state index contributed by atoms with van der Waals surface area (Å²) in [7, 11) is -3.12. The van der Waals surface area contributed by atoms with E-state index in [1.807, 2.05) is 0 Å². The summed E-state index contributed by atoms with van der Waals surface area (Å²) in [5.41, 5.74) is 0.202. The Labute approximate surface area is 168 Å². The van der Waals surface area contributed by atoms with E-state index in [1.54, 1.807) is 4.90 Å². The van der Waals surface area contributed by atoms with Crippen LogP contribution in [0.4, 0.5) is 0 Å². The summed E-state index contributed by atoms with van der Waals surface area (Å²) in [6, 6.07) is 4.01. The van der Waals surface area contributed by atoms with E-state index < -0.39 is 22.4 Å². The number of rotatable bonds is 5. The summed E-state index contributed by atoms with van der Waals surface area (Å²) in [6.45, 7) is -0.424. The normalized spacial score (nSPS) is 21.9. The number of carbonyl (C=O) groups is 2. The van der Waals surface area contributed by atoms with E-state index in [1.165, 1.54) is 18.2 Å². The standard InChI is InChI=1S/C18H21Cl2NO5S/c19-15-6-5-12(9-16(15)20)18(23)26-10-17(22)21(13-3-1-2-4-13)14-7-8-27(24,25)11-14/h5-6,9,13-14H,1-4,7-8,10-11H2. The van der Waals surface area contributed by atoms with Gasteiger partial charge in [-0.3, -0.25) is 4.79 Å². The van der Waals surface area contributed by atoms with E-state index in [9.17, 15) is 18.0 Å². The van der Waals surface area contributed by atoms with Crippen LogP contribution >= 0.6 is 23.2 Å². The third kappa shape index (κ3) is 4.95. The maximum absolute atomic E-state index is 12.8. The molecule has 0 N–H and O–H groups in total. The molecule has 1 unspecified atom stereocenters. The lowest BCUT2D eigenvalue weighted by Gasteiger charge is -2.33. The van der Waals surface area contributed by atoms with Crippen molar-refractivity contribution in [1.29, 1.82) is 0 Å². The zero-order chi connectivity index (χ0) is 19.6. The number of amides is 1. The highest BCUT2D eigenvalue weighted by atomic mass is 35.5. The van der Waals surface area contributed by atoms with Gasteiger partial charge in [-0.1, -0.05) is 36.0 Å². The lowest BCUT2D eigenvalue weighted by molar-refractivity contribution is -0.139. The molecule has 0 bridgehead atoms. The summed E-state index contributed by atoms with van der Waals surface area (Å²) in [4.78, 5) is 26.6. The number of hydrogen-bond acceptors (Lipinski definition) is 5. The Morgan fingerprint density at radius 3 is 2.37 bits per heavy atom. The first kappa shape index (κ1) is 20.4. The monoisotopic (exact) mass is 433 g/mol. The van der Waals surface area contributed by atoms with Crippen molar-refractivity contribution in [3.63, 3.8) is 0 Å². The van der Waals surface area contributed by atoms with Crippen LogP contribution < -0.4 is 0 Å². The third-order valence-electron chi connectivity index (χ3n) is 5.09.